The normalized spacial score (nSPS) is 11.1. The Morgan fingerprint density at radius 3 is 2.51 bits per heavy atom. The van der Waals surface area contributed by atoms with E-state index in [1.807, 2.05) is 49.3 Å². The minimum Gasteiger partial charge on any atom is -0.399 e. The molecule has 4 rings (SSSR count). The number of nitrogens with zero attached hydrogens (tertiary/aromatic N) is 6. The molecule has 2 heterocycles. The second-order valence-electron chi connectivity index (χ2n) is 9.67. The van der Waals surface area contributed by atoms with Crippen LogP contribution in [-0.2, 0) is 11.2 Å². The number of carbonyl (C=O) groups is 2. The molecule has 0 fully saturated rings. The number of aryl methyl sites for hydroxylation is 1. The van der Waals surface area contributed by atoms with Crippen molar-refractivity contribution in [2.24, 2.45) is 0 Å². The highest BCUT2D eigenvalue weighted by atomic mass is 16.2. The maximum Gasteiger partial charge on any atom is 0.253 e. The molecule has 4 N–H and O–H groups in total. The molecule has 0 bridgehead atoms. The van der Waals surface area contributed by atoms with E-state index in [2.05, 4.69) is 20.7 Å². The average molecular weight is 530 g/mol. The zero-order valence-electron chi connectivity index (χ0n) is 22.6. The van der Waals surface area contributed by atoms with E-state index in [0.29, 0.717) is 47.4 Å². The predicted molar refractivity (Wildman–Crippen MR) is 154 cm³/mol. The fourth-order valence-electron chi connectivity index (χ4n) is 4.06. The molecule has 11 heteroatoms. The fourth-order valence-corrected chi connectivity index (χ4v) is 4.06. The Hall–Kier alpha value is -4.51. The molecule has 0 saturated carbocycles. The van der Waals surface area contributed by atoms with E-state index in [1.54, 1.807) is 40.9 Å². The number of benzene rings is 2. The van der Waals surface area contributed by atoms with Crippen LogP contribution in [0.4, 0.5) is 29.0 Å². The van der Waals surface area contributed by atoms with Gasteiger partial charge >= 0.3 is 0 Å². The third kappa shape index (κ3) is 7.29. The Balaban J connectivity index is 1.64. The molecular weight excluding hydrogens is 494 g/mol. The number of fused-ring (bicyclic) bond motifs is 1. The second kappa shape index (κ2) is 12.8. The number of hydrogen-bond acceptors (Lipinski definition) is 9. The summed E-state index contributed by atoms with van der Waals surface area (Å²) in [6, 6.07) is 14.7. The lowest BCUT2D eigenvalue weighted by molar-refractivity contribution is -0.107. The number of hydrogen-bond donors (Lipinski definition) is 3. The Kier molecular flexibility index (Phi) is 9.06. The SMILES string of the molecule is CN(C)CCN(C)C(=O)c1cccc(Nc2nc(Nc3cccc(N)c3)nc3c(CCCCC=O)cnn23)c1. The number of anilines is 5. The first-order valence-corrected chi connectivity index (χ1v) is 12.9. The van der Waals surface area contributed by atoms with E-state index in [0.717, 1.165) is 43.3 Å². The Morgan fingerprint density at radius 2 is 1.77 bits per heavy atom. The summed E-state index contributed by atoms with van der Waals surface area (Å²) in [7, 11) is 5.76. The number of nitrogen functional groups attached to an aromatic ring is 1. The average Bonchev–Trinajstić information content (AvgIpc) is 3.32. The lowest BCUT2D eigenvalue weighted by atomic mass is 10.1. The highest BCUT2D eigenvalue weighted by Gasteiger charge is 2.16. The van der Waals surface area contributed by atoms with Crippen LogP contribution in [0, 0.1) is 0 Å². The molecule has 2 aromatic carbocycles. The minimum atomic E-state index is -0.0611. The predicted octanol–water partition coefficient (Wildman–Crippen LogP) is 3.74. The summed E-state index contributed by atoms with van der Waals surface area (Å²) in [5.41, 5.74) is 10.2. The monoisotopic (exact) mass is 529 g/mol. The molecule has 0 spiro atoms. The van der Waals surface area contributed by atoms with Gasteiger partial charge in [-0.1, -0.05) is 12.1 Å². The summed E-state index contributed by atoms with van der Waals surface area (Å²) in [5, 5.41) is 11.1. The standard InChI is InChI=1S/C28H35N9O2/c1-35(2)14-15-36(3)26(39)20-10-7-12-23(17-20)32-28-34-27(31-24-13-8-11-22(29)18-24)33-25-21(19-30-37(25)28)9-5-4-6-16-38/h7-8,10-13,16-19H,4-6,9,14-15,29H2,1-3H3,(H2,31,32,33,34). The first kappa shape index (κ1) is 27.5. The van der Waals surface area contributed by atoms with Gasteiger partial charge in [-0.25, -0.2) is 0 Å². The molecule has 0 unspecified atom stereocenters. The number of nitrogens with one attached hydrogen (secondary N) is 2. The van der Waals surface area contributed by atoms with Crippen molar-refractivity contribution >= 4 is 46.8 Å². The van der Waals surface area contributed by atoms with Crippen molar-refractivity contribution in [1.29, 1.82) is 0 Å². The Bertz CT molecular complexity index is 1430. The van der Waals surface area contributed by atoms with Crippen LogP contribution in [0.15, 0.2) is 54.7 Å². The summed E-state index contributed by atoms with van der Waals surface area (Å²) in [5.74, 6) is 0.756. The van der Waals surface area contributed by atoms with Crippen LogP contribution >= 0.6 is 0 Å². The number of amides is 1. The van der Waals surface area contributed by atoms with Crippen LogP contribution < -0.4 is 16.4 Å². The maximum absolute atomic E-state index is 13.0. The van der Waals surface area contributed by atoms with Gasteiger partial charge in [-0.3, -0.25) is 4.79 Å². The van der Waals surface area contributed by atoms with E-state index in [1.165, 1.54) is 0 Å². The van der Waals surface area contributed by atoms with Crippen LogP contribution in [0.25, 0.3) is 5.65 Å². The highest BCUT2D eigenvalue weighted by molar-refractivity contribution is 5.95. The molecule has 0 aliphatic heterocycles. The van der Waals surface area contributed by atoms with Crippen LogP contribution in [0.2, 0.25) is 0 Å². The number of rotatable bonds is 13. The van der Waals surface area contributed by atoms with Gasteiger partial charge in [0.1, 0.15) is 6.29 Å². The quantitative estimate of drug-likeness (QED) is 0.134. The summed E-state index contributed by atoms with van der Waals surface area (Å²) in [6.07, 6.45) is 5.62. The van der Waals surface area contributed by atoms with Gasteiger partial charge < -0.3 is 31.0 Å². The fraction of sp³-hybridized carbons (Fsp3) is 0.321. The van der Waals surface area contributed by atoms with Gasteiger partial charge in [0, 0.05) is 54.7 Å². The van der Waals surface area contributed by atoms with Crippen molar-refractivity contribution in [3.63, 3.8) is 0 Å². The summed E-state index contributed by atoms with van der Waals surface area (Å²) in [6.45, 7) is 1.40. The topological polar surface area (TPSA) is 134 Å². The minimum absolute atomic E-state index is 0.0611. The van der Waals surface area contributed by atoms with Crippen LogP contribution in [0.5, 0.6) is 0 Å². The van der Waals surface area contributed by atoms with Gasteiger partial charge in [-0.05, 0) is 69.8 Å². The van der Waals surface area contributed by atoms with E-state index in [-0.39, 0.29) is 5.91 Å². The molecule has 0 atom stereocenters. The number of aromatic nitrogens is 4. The molecule has 2 aromatic heterocycles. The highest BCUT2D eigenvalue weighted by Crippen LogP contribution is 2.24. The van der Waals surface area contributed by atoms with Gasteiger partial charge in [-0.15, -0.1) is 0 Å². The number of unbranched alkanes of at least 4 members (excludes halogenated alkanes) is 2. The smallest absolute Gasteiger partial charge is 0.253 e. The van der Waals surface area contributed by atoms with E-state index in [4.69, 9.17) is 10.7 Å². The zero-order valence-corrected chi connectivity index (χ0v) is 22.6. The van der Waals surface area contributed by atoms with Gasteiger partial charge in [0.2, 0.25) is 11.9 Å². The van der Waals surface area contributed by atoms with Gasteiger partial charge in [0.25, 0.3) is 5.91 Å². The Labute approximate surface area is 228 Å². The summed E-state index contributed by atoms with van der Waals surface area (Å²) >= 11 is 0. The van der Waals surface area contributed by atoms with Crippen molar-refractivity contribution in [2.75, 3.05) is 50.6 Å². The first-order chi connectivity index (χ1) is 18.8. The summed E-state index contributed by atoms with van der Waals surface area (Å²) < 4.78 is 1.65. The van der Waals surface area contributed by atoms with Crippen molar-refractivity contribution in [3.8, 4) is 0 Å². The van der Waals surface area contributed by atoms with E-state index in [9.17, 15) is 9.59 Å². The molecule has 39 heavy (non-hydrogen) atoms. The molecule has 0 radical (unpaired) electrons. The molecule has 0 aliphatic rings. The lowest BCUT2D eigenvalue weighted by Crippen LogP contribution is -2.33. The van der Waals surface area contributed by atoms with Crippen molar-refractivity contribution in [2.45, 2.75) is 25.7 Å². The van der Waals surface area contributed by atoms with Gasteiger partial charge in [-0.2, -0.15) is 19.6 Å². The third-order valence-electron chi connectivity index (χ3n) is 6.20. The number of likely N-dealkylation sites (N-methyl/N-ethyl adjacent to an activating group) is 2. The second-order valence-corrected chi connectivity index (χ2v) is 9.67. The summed E-state index contributed by atoms with van der Waals surface area (Å²) in [4.78, 5) is 36.9. The van der Waals surface area contributed by atoms with Crippen LogP contribution in [-0.4, -0.2) is 75.8 Å². The molecule has 0 saturated heterocycles. The molecule has 11 nitrogen and oxygen atoms in total. The molecule has 0 aliphatic carbocycles. The lowest BCUT2D eigenvalue weighted by Gasteiger charge is -2.20. The van der Waals surface area contributed by atoms with Crippen molar-refractivity contribution in [3.05, 3.63) is 65.9 Å². The maximum atomic E-state index is 13.0. The van der Waals surface area contributed by atoms with Crippen LogP contribution in [0.3, 0.4) is 0 Å². The number of nitrogens with two attached hydrogens (primary N) is 1. The number of carbonyl (C=O) groups excluding carboxylic acids is 2. The largest absolute Gasteiger partial charge is 0.399 e. The van der Waals surface area contributed by atoms with Crippen molar-refractivity contribution in [1.82, 2.24) is 29.4 Å². The van der Waals surface area contributed by atoms with Gasteiger partial charge in [0.15, 0.2) is 5.65 Å². The van der Waals surface area contributed by atoms with E-state index >= 15 is 0 Å². The first-order valence-electron chi connectivity index (χ1n) is 12.9. The molecule has 1 amide bonds. The molecule has 4 aromatic rings. The van der Waals surface area contributed by atoms with Gasteiger partial charge in [0.05, 0.1) is 6.20 Å². The number of aldehydes is 1. The molecule has 204 valence electrons. The Morgan fingerprint density at radius 1 is 1.00 bits per heavy atom. The third-order valence-corrected chi connectivity index (χ3v) is 6.20. The van der Waals surface area contributed by atoms with E-state index < -0.39 is 0 Å². The zero-order chi connectivity index (χ0) is 27.8. The van der Waals surface area contributed by atoms with Crippen LogP contribution in [0.1, 0.15) is 35.2 Å². The molecular formula is C28H35N9O2. The van der Waals surface area contributed by atoms with Crippen molar-refractivity contribution < 1.29 is 9.59 Å².